The number of anilines is 1. The van der Waals surface area contributed by atoms with Gasteiger partial charge in [-0.05, 0) is 12.1 Å². The maximum absolute atomic E-state index is 9.59. The van der Waals surface area contributed by atoms with E-state index in [0.29, 0.717) is 33.2 Å². The van der Waals surface area contributed by atoms with E-state index >= 15 is 0 Å². The monoisotopic (exact) mass is 230 g/mol. The second-order valence-corrected chi connectivity index (χ2v) is 3.68. The normalized spacial score (nSPS) is 11.1. The first-order valence-corrected chi connectivity index (χ1v) is 5.04. The van der Waals surface area contributed by atoms with Crippen LogP contribution >= 0.6 is 0 Å². The standard InChI is InChI=1S/C12H10N2O3/c1-16-8-4-2-3-6-9(8)11(13)10-7(14-6)5-17-12(10)15/h2-5,15H,13H2,1H3. The number of hydrogen-bond donors (Lipinski definition) is 2. The van der Waals surface area contributed by atoms with Crippen molar-refractivity contribution in [1.82, 2.24) is 4.98 Å². The quantitative estimate of drug-likeness (QED) is 0.670. The first kappa shape index (κ1) is 9.77. The van der Waals surface area contributed by atoms with Crippen LogP contribution in [0, 0.1) is 0 Å². The highest BCUT2D eigenvalue weighted by molar-refractivity contribution is 6.10. The van der Waals surface area contributed by atoms with E-state index in [4.69, 9.17) is 14.9 Å². The molecule has 3 N–H and O–H groups in total. The molecule has 0 saturated heterocycles. The fourth-order valence-electron chi connectivity index (χ4n) is 1.98. The molecule has 0 fully saturated rings. The zero-order chi connectivity index (χ0) is 12.0. The molecule has 5 nitrogen and oxygen atoms in total. The third-order valence-electron chi connectivity index (χ3n) is 2.76. The van der Waals surface area contributed by atoms with Gasteiger partial charge in [-0.2, -0.15) is 0 Å². The van der Waals surface area contributed by atoms with Crippen LogP contribution in [0.15, 0.2) is 28.9 Å². The van der Waals surface area contributed by atoms with Crippen LogP contribution in [0.2, 0.25) is 0 Å². The molecule has 0 aliphatic rings. The van der Waals surface area contributed by atoms with E-state index in [0.717, 1.165) is 0 Å². The van der Waals surface area contributed by atoms with Crippen LogP contribution in [0.1, 0.15) is 0 Å². The highest BCUT2D eigenvalue weighted by Gasteiger charge is 2.15. The molecule has 0 saturated carbocycles. The minimum Gasteiger partial charge on any atom is -0.496 e. The Bertz CT molecular complexity index is 718. The summed E-state index contributed by atoms with van der Waals surface area (Å²) >= 11 is 0. The summed E-state index contributed by atoms with van der Waals surface area (Å²) in [5, 5.41) is 10.7. The van der Waals surface area contributed by atoms with Gasteiger partial charge in [0.25, 0.3) is 5.95 Å². The summed E-state index contributed by atoms with van der Waals surface area (Å²) < 4.78 is 10.2. The number of pyridine rings is 1. The zero-order valence-electron chi connectivity index (χ0n) is 9.10. The van der Waals surface area contributed by atoms with Crippen molar-refractivity contribution in [3.05, 3.63) is 24.5 Å². The Morgan fingerprint density at radius 3 is 2.88 bits per heavy atom. The molecule has 0 radical (unpaired) electrons. The maximum Gasteiger partial charge on any atom is 0.293 e. The highest BCUT2D eigenvalue weighted by Crippen LogP contribution is 2.39. The summed E-state index contributed by atoms with van der Waals surface area (Å²) in [6, 6.07) is 5.46. The van der Waals surface area contributed by atoms with Gasteiger partial charge < -0.3 is 20.0 Å². The summed E-state index contributed by atoms with van der Waals surface area (Å²) in [6.07, 6.45) is 1.37. The predicted molar refractivity (Wildman–Crippen MR) is 64.1 cm³/mol. The number of hydrogen-bond acceptors (Lipinski definition) is 5. The van der Waals surface area contributed by atoms with E-state index in [2.05, 4.69) is 4.98 Å². The molecular weight excluding hydrogens is 220 g/mol. The fourth-order valence-corrected chi connectivity index (χ4v) is 1.98. The summed E-state index contributed by atoms with van der Waals surface area (Å²) in [5.41, 5.74) is 7.68. The third kappa shape index (κ3) is 1.22. The molecule has 2 aromatic heterocycles. The van der Waals surface area contributed by atoms with Crippen molar-refractivity contribution < 1.29 is 14.3 Å². The molecular formula is C12H10N2O3. The van der Waals surface area contributed by atoms with Crippen molar-refractivity contribution in [2.45, 2.75) is 0 Å². The molecule has 0 spiro atoms. The number of fused-ring (bicyclic) bond motifs is 2. The third-order valence-corrected chi connectivity index (χ3v) is 2.76. The van der Waals surface area contributed by atoms with Gasteiger partial charge in [0.2, 0.25) is 0 Å². The maximum atomic E-state index is 9.59. The lowest BCUT2D eigenvalue weighted by Crippen LogP contribution is -1.94. The molecule has 2 heterocycles. The lowest BCUT2D eigenvalue weighted by atomic mass is 10.1. The molecule has 0 aliphatic heterocycles. The second-order valence-electron chi connectivity index (χ2n) is 3.68. The molecule has 0 aliphatic carbocycles. The molecule has 0 atom stereocenters. The Morgan fingerprint density at radius 2 is 2.12 bits per heavy atom. The molecule has 86 valence electrons. The number of aromatic nitrogens is 1. The molecule has 17 heavy (non-hydrogen) atoms. The smallest absolute Gasteiger partial charge is 0.293 e. The lowest BCUT2D eigenvalue weighted by Gasteiger charge is -2.07. The van der Waals surface area contributed by atoms with Gasteiger partial charge in [-0.15, -0.1) is 0 Å². The number of ether oxygens (including phenoxy) is 1. The minimum atomic E-state index is -0.224. The number of nitrogen functional groups attached to an aromatic ring is 1. The summed E-state index contributed by atoms with van der Waals surface area (Å²) in [4.78, 5) is 4.35. The van der Waals surface area contributed by atoms with Crippen molar-refractivity contribution in [2.24, 2.45) is 0 Å². The van der Waals surface area contributed by atoms with Crippen molar-refractivity contribution in [1.29, 1.82) is 0 Å². The van der Waals surface area contributed by atoms with Crippen LogP contribution in [0.3, 0.4) is 0 Å². The van der Waals surface area contributed by atoms with E-state index in [1.54, 1.807) is 13.2 Å². The van der Waals surface area contributed by atoms with Gasteiger partial charge in [-0.3, -0.25) is 0 Å². The van der Waals surface area contributed by atoms with E-state index in [9.17, 15) is 5.11 Å². The van der Waals surface area contributed by atoms with Gasteiger partial charge in [0.15, 0.2) is 0 Å². The zero-order valence-corrected chi connectivity index (χ0v) is 9.10. The van der Waals surface area contributed by atoms with Gasteiger partial charge in [-0.1, -0.05) is 6.07 Å². The summed E-state index contributed by atoms with van der Waals surface area (Å²) in [7, 11) is 1.56. The van der Waals surface area contributed by atoms with Crippen molar-refractivity contribution in [3.63, 3.8) is 0 Å². The molecule has 0 amide bonds. The van der Waals surface area contributed by atoms with Crippen molar-refractivity contribution in [3.8, 4) is 11.7 Å². The molecule has 3 rings (SSSR count). The van der Waals surface area contributed by atoms with E-state index < -0.39 is 0 Å². The SMILES string of the molecule is COc1cccc2nc3coc(O)c3c(N)c12. The van der Waals surface area contributed by atoms with Crippen LogP contribution < -0.4 is 10.5 Å². The number of benzene rings is 1. The number of nitrogens with two attached hydrogens (primary N) is 1. The molecule has 5 heteroatoms. The number of rotatable bonds is 1. The highest BCUT2D eigenvalue weighted by atomic mass is 16.5. The van der Waals surface area contributed by atoms with Gasteiger partial charge in [-0.25, -0.2) is 4.98 Å². The lowest BCUT2D eigenvalue weighted by molar-refractivity contribution is 0.338. The van der Waals surface area contributed by atoms with Crippen LogP contribution in [-0.4, -0.2) is 17.2 Å². The minimum absolute atomic E-state index is 0.224. The molecule has 0 bridgehead atoms. The van der Waals surface area contributed by atoms with E-state index in [1.807, 2.05) is 12.1 Å². The van der Waals surface area contributed by atoms with Gasteiger partial charge in [0.05, 0.1) is 23.7 Å². The van der Waals surface area contributed by atoms with Crippen molar-refractivity contribution >= 4 is 27.5 Å². The Labute approximate surface area is 96.4 Å². The number of furan rings is 1. The Balaban J connectivity index is 2.58. The van der Waals surface area contributed by atoms with E-state index in [1.165, 1.54) is 6.26 Å². The van der Waals surface area contributed by atoms with Gasteiger partial charge >= 0.3 is 0 Å². The molecule has 3 aromatic rings. The predicted octanol–water partition coefficient (Wildman–Crippen LogP) is 2.28. The Kier molecular flexibility index (Phi) is 1.89. The van der Waals surface area contributed by atoms with Crippen molar-refractivity contribution in [2.75, 3.05) is 12.8 Å². The Morgan fingerprint density at radius 1 is 1.29 bits per heavy atom. The average molecular weight is 230 g/mol. The van der Waals surface area contributed by atoms with E-state index in [-0.39, 0.29) is 5.95 Å². The number of methoxy groups -OCH3 is 1. The number of aromatic hydroxyl groups is 1. The van der Waals surface area contributed by atoms with Gasteiger partial charge in [0.1, 0.15) is 22.9 Å². The first-order valence-electron chi connectivity index (χ1n) is 5.04. The summed E-state index contributed by atoms with van der Waals surface area (Å²) in [6.45, 7) is 0. The second kappa shape index (κ2) is 3.28. The fraction of sp³-hybridized carbons (Fsp3) is 0.0833. The Hall–Kier alpha value is -2.43. The van der Waals surface area contributed by atoms with Gasteiger partial charge in [0, 0.05) is 0 Å². The van der Waals surface area contributed by atoms with Crippen LogP contribution in [0.4, 0.5) is 5.69 Å². The first-order chi connectivity index (χ1) is 8.22. The van der Waals surface area contributed by atoms with Crippen LogP contribution in [0.25, 0.3) is 21.8 Å². The van der Waals surface area contributed by atoms with Crippen LogP contribution in [0.5, 0.6) is 11.7 Å². The average Bonchev–Trinajstić information content (AvgIpc) is 2.70. The largest absolute Gasteiger partial charge is 0.496 e. The molecule has 1 aromatic carbocycles. The topological polar surface area (TPSA) is 81.5 Å². The number of nitrogens with zero attached hydrogens (tertiary/aromatic N) is 1. The summed E-state index contributed by atoms with van der Waals surface area (Å²) in [5.74, 6) is 0.396. The van der Waals surface area contributed by atoms with Crippen LogP contribution in [-0.2, 0) is 0 Å². The molecule has 0 unspecified atom stereocenters.